The van der Waals surface area contributed by atoms with Crippen LogP contribution in [0, 0.1) is 36.6 Å². The van der Waals surface area contributed by atoms with Gasteiger partial charge in [-0.1, -0.05) is 45.7 Å². The number of hydrogen-bond acceptors (Lipinski definition) is 3. The van der Waals surface area contributed by atoms with Crippen LogP contribution in [0.15, 0.2) is 24.3 Å². The van der Waals surface area contributed by atoms with Crippen molar-refractivity contribution in [1.82, 2.24) is 4.98 Å². The van der Waals surface area contributed by atoms with E-state index in [1.54, 1.807) is 19.1 Å². The zero-order chi connectivity index (χ0) is 20.8. The zero-order valence-corrected chi connectivity index (χ0v) is 17.1. The summed E-state index contributed by atoms with van der Waals surface area (Å²) in [6.45, 7) is 11.6. The van der Waals surface area contributed by atoms with Crippen molar-refractivity contribution < 1.29 is 13.9 Å². The molecule has 0 aliphatic rings. The monoisotopic (exact) mass is 377 g/mol. The third-order valence-electron chi connectivity index (χ3n) is 4.32. The number of rotatable bonds is 4. The number of halogens is 1. The summed E-state index contributed by atoms with van der Waals surface area (Å²) < 4.78 is 18.6. The molecule has 3 nitrogen and oxygen atoms in total. The molecule has 144 valence electrons. The molecule has 4 heteroatoms. The molecule has 28 heavy (non-hydrogen) atoms. The van der Waals surface area contributed by atoms with E-state index in [2.05, 4.69) is 37.7 Å². The van der Waals surface area contributed by atoms with Crippen LogP contribution < -0.4 is 0 Å². The number of pyridine rings is 1. The van der Waals surface area contributed by atoms with E-state index in [4.69, 9.17) is 9.72 Å². The number of carbonyl (C=O) groups excluding carboxylic acids is 1. The summed E-state index contributed by atoms with van der Waals surface area (Å²) in [7, 11) is 0. The van der Waals surface area contributed by atoms with Crippen LogP contribution in [0.25, 0.3) is 11.1 Å². The number of benzene rings is 1. The highest BCUT2D eigenvalue weighted by atomic mass is 19.1. The lowest BCUT2D eigenvalue weighted by Gasteiger charge is -2.21. The number of ether oxygens (including phenoxy) is 1. The first-order valence-electron chi connectivity index (χ1n) is 9.21. The van der Waals surface area contributed by atoms with Crippen LogP contribution in [-0.4, -0.2) is 11.0 Å². The minimum absolute atomic E-state index is 0.0109. The highest BCUT2D eigenvalue weighted by molar-refractivity contribution is 6.00. The van der Waals surface area contributed by atoms with Gasteiger partial charge >= 0.3 is 5.97 Å². The third-order valence-corrected chi connectivity index (χ3v) is 4.32. The fourth-order valence-corrected chi connectivity index (χ4v) is 3.09. The number of aromatic nitrogens is 1. The van der Waals surface area contributed by atoms with Crippen molar-refractivity contribution in [3.05, 3.63) is 52.6 Å². The second-order valence-corrected chi connectivity index (χ2v) is 7.07. The predicted molar refractivity (Wildman–Crippen MR) is 109 cm³/mol. The van der Waals surface area contributed by atoms with Crippen molar-refractivity contribution in [3.8, 4) is 35.0 Å². The maximum atomic E-state index is 13.5. The van der Waals surface area contributed by atoms with Gasteiger partial charge in [0.05, 0.1) is 11.3 Å². The molecule has 0 radical (unpaired) electrons. The molecular weight excluding hydrogens is 353 g/mol. The van der Waals surface area contributed by atoms with Gasteiger partial charge in [-0.05, 0) is 54.9 Å². The van der Waals surface area contributed by atoms with Crippen LogP contribution in [-0.2, 0) is 4.74 Å². The van der Waals surface area contributed by atoms with Gasteiger partial charge in [-0.2, -0.15) is 0 Å². The van der Waals surface area contributed by atoms with E-state index in [1.165, 1.54) is 12.1 Å². The van der Waals surface area contributed by atoms with Crippen LogP contribution >= 0.6 is 0 Å². The van der Waals surface area contributed by atoms with Gasteiger partial charge in [-0.25, -0.2) is 9.18 Å². The molecule has 2 aromatic rings. The normalized spacial score (nSPS) is 10.2. The minimum atomic E-state index is -0.584. The van der Waals surface area contributed by atoms with E-state index in [1.807, 2.05) is 20.8 Å². The smallest absolute Gasteiger partial charge is 0.354 e. The Kier molecular flexibility index (Phi) is 6.96. The van der Waals surface area contributed by atoms with Gasteiger partial charge in [0.25, 0.3) is 0 Å². The molecule has 0 N–H and O–H groups in total. The van der Waals surface area contributed by atoms with E-state index in [0.717, 1.165) is 16.8 Å². The Balaban J connectivity index is 2.80. The molecule has 2 rings (SSSR count). The molecule has 0 aliphatic carbocycles. The zero-order valence-electron chi connectivity index (χ0n) is 17.1. The summed E-state index contributed by atoms with van der Waals surface area (Å²) >= 11 is 0. The Labute approximate surface area is 166 Å². The molecule has 1 aromatic heterocycles. The van der Waals surface area contributed by atoms with Crippen LogP contribution in [0.2, 0.25) is 0 Å². The number of carbonyl (C=O) groups is 1. The molecular formula is C24H24FNO2. The molecule has 0 atom stereocenters. The summed E-state index contributed by atoms with van der Waals surface area (Å²) in [6, 6.07) is 6.09. The third kappa shape index (κ3) is 4.59. The summed E-state index contributed by atoms with van der Waals surface area (Å²) in [5.41, 5.74) is 4.22. The van der Waals surface area contributed by atoms with Crippen molar-refractivity contribution >= 4 is 5.97 Å². The predicted octanol–water partition coefficient (Wildman–Crippen LogP) is 5.58. The summed E-state index contributed by atoms with van der Waals surface area (Å²) in [6.07, 6.45) is 2.33. The Morgan fingerprint density at radius 1 is 1.04 bits per heavy atom. The first-order valence-corrected chi connectivity index (χ1v) is 9.21. The molecule has 0 unspecified atom stereocenters. The van der Waals surface area contributed by atoms with E-state index < -0.39 is 5.97 Å². The Bertz CT molecular complexity index is 997. The highest BCUT2D eigenvalue weighted by Crippen LogP contribution is 2.36. The summed E-state index contributed by atoms with van der Waals surface area (Å²) in [4.78, 5) is 17.7. The Morgan fingerprint density at radius 3 is 2.18 bits per heavy atom. The van der Waals surface area contributed by atoms with Crippen molar-refractivity contribution in [1.29, 1.82) is 0 Å². The molecule has 1 aromatic carbocycles. The van der Waals surface area contributed by atoms with Crippen LogP contribution in [0.4, 0.5) is 4.39 Å². The second-order valence-electron chi connectivity index (χ2n) is 7.07. The Hall–Kier alpha value is -3.11. The average Bonchev–Trinajstić information content (AvgIpc) is 2.65. The number of nitrogens with zero attached hydrogens (tertiary/aromatic N) is 1. The van der Waals surface area contributed by atoms with Gasteiger partial charge in [0.1, 0.15) is 11.9 Å². The van der Waals surface area contributed by atoms with Gasteiger partial charge in [-0.3, -0.25) is 4.98 Å². The summed E-state index contributed by atoms with van der Waals surface area (Å²) in [5.74, 6) is 6.86. The average molecular weight is 377 g/mol. The van der Waals surface area contributed by atoms with E-state index in [9.17, 15) is 9.18 Å². The number of esters is 1. The first-order chi connectivity index (χ1) is 13.3. The van der Waals surface area contributed by atoms with Gasteiger partial charge in [0.15, 0.2) is 0 Å². The molecule has 0 saturated heterocycles. The van der Waals surface area contributed by atoms with Gasteiger partial charge in [0, 0.05) is 17.2 Å². The molecule has 1 heterocycles. The van der Waals surface area contributed by atoms with E-state index in [0.29, 0.717) is 16.8 Å². The molecule has 0 bridgehead atoms. The Morgan fingerprint density at radius 2 is 1.64 bits per heavy atom. The lowest BCUT2D eigenvalue weighted by molar-refractivity contribution is 0.0689. The molecule has 0 spiro atoms. The van der Waals surface area contributed by atoms with E-state index >= 15 is 0 Å². The maximum Gasteiger partial charge on any atom is 0.354 e. The molecule has 0 amide bonds. The van der Waals surface area contributed by atoms with Gasteiger partial charge < -0.3 is 4.74 Å². The van der Waals surface area contributed by atoms with Crippen molar-refractivity contribution in [2.45, 2.75) is 53.4 Å². The van der Waals surface area contributed by atoms with Crippen LogP contribution in [0.3, 0.4) is 0 Å². The largest absolute Gasteiger partial charge is 0.367 e. The van der Waals surface area contributed by atoms with Gasteiger partial charge in [0.2, 0.25) is 0 Å². The fourth-order valence-electron chi connectivity index (χ4n) is 3.09. The fraction of sp³-hybridized carbons (Fsp3) is 0.333. The number of hydrogen-bond donors (Lipinski definition) is 0. The maximum absolute atomic E-state index is 13.5. The quantitative estimate of drug-likeness (QED) is 0.515. The SMILES string of the molecule is CC#CC#COC(=O)c1c(C(C)C)nc(C(C)C)c(C)c1-c1ccc(F)cc1. The molecule has 0 fully saturated rings. The topological polar surface area (TPSA) is 39.2 Å². The first kappa shape index (κ1) is 21.2. The summed E-state index contributed by atoms with van der Waals surface area (Å²) in [5, 5.41) is 0. The minimum Gasteiger partial charge on any atom is -0.367 e. The molecule has 0 saturated carbocycles. The van der Waals surface area contributed by atoms with Crippen LogP contribution in [0.1, 0.15) is 73.8 Å². The molecule has 0 aliphatic heterocycles. The van der Waals surface area contributed by atoms with E-state index in [-0.39, 0.29) is 17.7 Å². The van der Waals surface area contributed by atoms with Crippen LogP contribution in [0.5, 0.6) is 0 Å². The standard InChI is InChI=1S/C24H24FNO2/c1-7-8-9-14-28-24(27)21-20(18-10-12-19(25)13-11-18)17(6)22(15(2)3)26-23(21)16(4)5/h10-13,15-16H,1-6H3. The lowest BCUT2D eigenvalue weighted by Crippen LogP contribution is -2.15. The van der Waals surface area contributed by atoms with Crippen molar-refractivity contribution in [3.63, 3.8) is 0 Å². The lowest BCUT2D eigenvalue weighted by atomic mass is 9.88. The van der Waals surface area contributed by atoms with Crippen molar-refractivity contribution in [2.24, 2.45) is 0 Å². The highest BCUT2D eigenvalue weighted by Gasteiger charge is 2.27. The van der Waals surface area contributed by atoms with Gasteiger partial charge in [-0.15, -0.1) is 0 Å². The second kappa shape index (κ2) is 9.20. The van der Waals surface area contributed by atoms with Crippen molar-refractivity contribution in [2.75, 3.05) is 0 Å².